The van der Waals surface area contributed by atoms with Gasteiger partial charge in [0.2, 0.25) is 17.6 Å². The zero-order valence-electron chi connectivity index (χ0n) is 21.1. The van der Waals surface area contributed by atoms with Crippen molar-refractivity contribution in [1.82, 2.24) is 9.97 Å². The Hall–Kier alpha value is -4.27. The molecule has 3 heterocycles. The van der Waals surface area contributed by atoms with Gasteiger partial charge in [-0.05, 0) is 25.8 Å². The Morgan fingerprint density at radius 2 is 1.95 bits per heavy atom. The van der Waals surface area contributed by atoms with Crippen molar-refractivity contribution in [2.24, 2.45) is 11.8 Å². The molecule has 12 heteroatoms. The van der Waals surface area contributed by atoms with E-state index < -0.39 is 23.3 Å². The smallest absolute Gasteiger partial charge is 0.310 e. The number of nitrogens with zero attached hydrogens (tertiary/aromatic N) is 3. The first-order chi connectivity index (χ1) is 17.9. The van der Waals surface area contributed by atoms with Gasteiger partial charge in [-0.25, -0.2) is 0 Å². The second-order valence-corrected chi connectivity index (χ2v) is 8.69. The number of piperidine rings is 1. The SMILES string of the molecule is CCOC(=O)C1CCCN(c2nc3c(c(=O)[nH]2)C(c2ccc(OC)c(OC)c2OC)C(C#N)C(=O)N3)C1. The second-order valence-electron chi connectivity index (χ2n) is 8.69. The van der Waals surface area contributed by atoms with Gasteiger partial charge in [0.05, 0.1) is 45.5 Å². The predicted octanol–water partition coefficient (Wildman–Crippen LogP) is 1.80. The Labute approximate surface area is 213 Å². The summed E-state index contributed by atoms with van der Waals surface area (Å²) in [7, 11) is 4.34. The molecule has 1 aromatic carbocycles. The van der Waals surface area contributed by atoms with Crippen molar-refractivity contribution >= 4 is 23.6 Å². The molecule has 4 rings (SSSR count). The van der Waals surface area contributed by atoms with Crippen LogP contribution < -0.4 is 30.0 Å². The van der Waals surface area contributed by atoms with Gasteiger partial charge >= 0.3 is 5.97 Å². The van der Waals surface area contributed by atoms with Gasteiger partial charge in [0.1, 0.15) is 11.7 Å². The number of carbonyl (C=O) groups is 2. The first-order valence-corrected chi connectivity index (χ1v) is 11.9. The van der Waals surface area contributed by atoms with Crippen LogP contribution in [-0.4, -0.2) is 62.9 Å². The molecule has 1 fully saturated rings. The molecule has 0 saturated carbocycles. The molecule has 12 nitrogen and oxygen atoms in total. The quantitative estimate of drug-likeness (QED) is 0.526. The average molecular weight is 512 g/mol. The van der Waals surface area contributed by atoms with Crippen molar-refractivity contribution in [3.63, 3.8) is 0 Å². The number of nitriles is 1. The number of ether oxygens (including phenoxy) is 4. The number of hydrogen-bond donors (Lipinski definition) is 2. The van der Waals surface area contributed by atoms with E-state index in [9.17, 15) is 19.6 Å². The topological polar surface area (TPSA) is 156 Å². The summed E-state index contributed by atoms with van der Waals surface area (Å²) in [6.07, 6.45) is 1.38. The predicted molar refractivity (Wildman–Crippen MR) is 132 cm³/mol. The molecule has 196 valence electrons. The highest BCUT2D eigenvalue weighted by atomic mass is 16.5. The van der Waals surface area contributed by atoms with E-state index in [1.54, 1.807) is 24.0 Å². The minimum absolute atomic E-state index is 0.0512. The molecule has 0 bridgehead atoms. The largest absolute Gasteiger partial charge is 0.493 e. The number of methoxy groups -OCH3 is 3. The molecular formula is C25H29N5O7. The molecule has 1 amide bonds. The summed E-state index contributed by atoms with van der Waals surface area (Å²) in [5.74, 6) is -2.27. The summed E-state index contributed by atoms with van der Waals surface area (Å²) in [6.45, 7) is 2.93. The van der Waals surface area contributed by atoms with Crippen LogP contribution in [0.3, 0.4) is 0 Å². The summed E-state index contributed by atoms with van der Waals surface area (Å²) in [5.41, 5.74) is 0.0166. The number of hydrogen-bond acceptors (Lipinski definition) is 10. The summed E-state index contributed by atoms with van der Waals surface area (Å²) in [6, 6.07) is 5.27. The molecule has 2 N–H and O–H groups in total. The molecule has 2 aliphatic heterocycles. The molecular weight excluding hydrogens is 482 g/mol. The fraction of sp³-hybridized carbons (Fsp3) is 0.480. The van der Waals surface area contributed by atoms with Gasteiger partial charge < -0.3 is 29.2 Å². The van der Waals surface area contributed by atoms with Gasteiger partial charge in [0.25, 0.3) is 5.56 Å². The molecule has 2 aliphatic rings. The van der Waals surface area contributed by atoms with Gasteiger partial charge in [-0.15, -0.1) is 0 Å². The van der Waals surface area contributed by atoms with Crippen LogP contribution in [0, 0.1) is 23.2 Å². The molecule has 3 atom stereocenters. The molecule has 3 unspecified atom stereocenters. The van der Waals surface area contributed by atoms with Crippen molar-refractivity contribution in [3.05, 3.63) is 33.6 Å². The Morgan fingerprint density at radius 1 is 1.19 bits per heavy atom. The number of anilines is 2. The fourth-order valence-corrected chi connectivity index (χ4v) is 4.98. The third kappa shape index (κ3) is 4.64. The maximum absolute atomic E-state index is 13.5. The number of benzene rings is 1. The average Bonchev–Trinajstić information content (AvgIpc) is 2.91. The van der Waals surface area contributed by atoms with Crippen LogP contribution in [0.4, 0.5) is 11.8 Å². The number of aromatic amines is 1. The number of fused-ring (bicyclic) bond motifs is 1. The van der Waals surface area contributed by atoms with E-state index in [1.807, 2.05) is 6.07 Å². The first kappa shape index (κ1) is 25.8. The highest BCUT2D eigenvalue weighted by molar-refractivity contribution is 5.98. The Kier molecular flexibility index (Phi) is 7.52. The normalized spacial score (nSPS) is 20.8. The number of aromatic nitrogens is 2. The van der Waals surface area contributed by atoms with Gasteiger partial charge in [-0.2, -0.15) is 10.2 Å². The molecule has 2 aromatic rings. The molecule has 37 heavy (non-hydrogen) atoms. The summed E-state index contributed by atoms with van der Waals surface area (Å²) in [4.78, 5) is 47.9. The monoisotopic (exact) mass is 511 g/mol. The first-order valence-electron chi connectivity index (χ1n) is 11.9. The van der Waals surface area contributed by atoms with Gasteiger partial charge in [-0.3, -0.25) is 19.4 Å². The van der Waals surface area contributed by atoms with Crippen molar-refractivity contribution in [3.8, 4) is 23.3 Å². The Morgan fingerprint density at radius 3 is 2.59 bits per heavy atom. The van der Waals surface area contributed by atoms with Crippen molar-refractivity contribution in [1.29, 1.82) is 5.26 Å². The van der Waals surface area contributed by atoms with Crippen LogP contribution in [0.1, 0.15) is 36.8 Å². The lowest BCUT2D eigenvalue weighted by Gasteiger charge is -2.34. The number of H-pyrrole nitrogens is 1. The van der Waals surface area contributed by atoms with E-state index in [2.05, 4.69) is 15.3 Å². The van der Waals surface area contributed by atoms with Crippen LogP contribution in [-0.2, 0) is 14.3 Å². The molecule has 1 aromatic heterocycles. The lowest BCUT2D eigenvalue weighted by Crippen LogP contribution is -2.43. The fourth-order valence-electron chi connectivity index (χ4n) is 4.98. The van der Waals surface area contributed by atoms with Crippen LogP contribution in [0.2, 0.25) is 0 Å². The standard InChI is InChI=1S/C25H29N5O7/c1-5-37-24(33)13-7-6-10-30(12-13)25-28-21-18(23(32)29-25)17(15(11-26)22(31)27-21)14-8-9-16(34-2)20(36-4)19(14)35-3/h8-9,13,15,17H,5-7,10,12H2,1-4H3,(H2,27,28,29,31,32). The number of esters is 1. The minimum atomic E-state index is -1.23. The van der Waals surface area contributed by atoms with Crippen molar-refractivity contribution in [2.75, 3.05) is 51.2 Å². The maximum atomic E-state index is 13.5. The minimum Gasteiger partial charge on any atom is -0.493 e. The van der Waals surface area contributed by atoms with Crippen molar-refractivity contribution in [2.45, 2.75) is 25.7 Å². The molecule has 0 spiro atoms. The molecule has 1 saturated heterocycles. The van der Waals surface area contributed by atoms with Gasteiger partial charge in [0.15, 0.2) is 11.5 Å². The number of carbonyl (C=O) groups excluding carboxylic acids is 2. The van der Waals surface area contributed by atoms with E-state index in [4.69, 9.17) is 18.9 Å². The van der Waals surface area contributed by atoms with Gasteiger partial charge in [0, 0.05) is 24.6 Å². The third-order valence-corrected chi connectivity index (χ3v) is 6.66. The number of amides is 1. The van der Waals surface area contributed by atoms with Crippen LogP contribution in [0.15, 0.2) is 16.9 Å². The summed E-state index contributed by atoms with van der Waals surface area (Å²) in [5, 5.41) is 12.5. The van der Waals surface area contributed by atoms with Crippen LogP contribution in [0.5, 0.6) is 17.2 Å². The van der Waals surface area contributed by atoms with E-state index >= 15 is 0 Å². The van der Waals surface area contributed by atoms with E-state index in [0.29, 0.717) is 37.2 Å². The van der Waals surface area contributed by atoms with E-state index in [1.165, 1.54) is 21.3 Å². The highest BCUT2D eigenvalue weighted by Gasteiger charge is 2.43. The lowest BCUT2D eigenvalue weighted by atomic mass is 9.78. The molecule has 0 aliphatic carbocycles. The van der Waals surface area contributed by atoms with Crippen LogP contribution >= 0.6 is 0 Å². The van der Waals surface area contributed by atoms with Gasteiger partial charge in [-0.1, -0.05) is 6.07 Å². The van der Waals surface area contributed by atoms with Crippen LogP contribution in [0.25, 0.3) is 0 Å². The number of nitrogens with one attached hydrogen (secondary N) is 2. The zero-order valence-corrected chi connectivity index (χ0v) is 21.1. The van der Waals surface area contributed by atoms with Crippen molar-refractivity contribution < 1.29 is 28.5 Å². The second kappa shape index (κ2) is 10.8. The molecule has 0 radical (unpaired) electrons. The highest BCUT2D eigenvalue weighted by Crippen LogP contribution is 2.48. The number of rotatable bonds is 7. The Balaban J connectivity index is 1.81. The lowest BCUT2D eigenvalue weighted by molar-refractivity contribution is -0.148. The van der Waals surface area contributed by atoms with E-state index in [-0.39, 0.29) is 47.3 Å². The Bertz CT molecular complexity index is 1300. The van der Waals surface area contributed by atoms with E-state index in [0.717, 1.165) is 0 Å². The third-order valence-electron chi connectivity index (χ3n) is 6.66. The summed E-state index contributed by atoms with van der Waals surface area (Å²) < 4.78 is 21.6. The summed E-state index contributed by atoms with van der Waals surface area (Å²) >= 11 is 0. The maximum Gasteiger partial charge on any atom is 0.310 e. The zero-order chi connectivity index (χ0) is 26.7.